The molecule has 130 valence electrons. The van der Waals surface area contributed by atoms with Crippen molar-refractivity contribution < 1.29 is 8.78 Å². The second kappa shape index (κ2) is 9.64. The Morgan fingerprint density at radius 2 is 1.65 bits per heavy atom. The van der Waals surface area contributed by atoms with Crippen molar-refractivity contribution in [3.63, 3.8) is 0 Å². The van der Waals surface area contributed by atoms with Crippen LogP contribution in [0.2, 0.25) is 0 Å². The van der Waals surface area contributed by atoms with Crippen molar-refractivity contribution in [1.29, 1.82) is 0 Å². The predicted octanol–water partition coefficient (Wildman–Crippen LogP) is 5.81. The van der Waals surface area contributed by atoms with Gasteiger partial charge in [0.1, 0.15) is 5.69 Å². The molecule has 0 saturated heterocycles. The number of rotatable bonds is 3. The molecule has 4 heteroatoms. The lowest BCUT2D eigenvalue weighted by Gasteiger charge is -2.02. The molecule has 0 aliphatic rings. The Morgan fingerprint density at radius 1 is 0.962 bits per heavy atom. The molecule has 2 rings (SSSR count). The third kappa shape index (κ3) is 5.11. The van der Waals surface area contributed by atoms with E-state index in [4.69, 9.17) is 0 Å². The van der Waals surface area contributed by atoms with E-state index in [0.29, 0.717) is 0 Å². The molecule has 0 radical (unpaired) electrons. The largest absolute Gasteiger partial charge is 0.204 e. The van der Waals surface area contributed by atoms with Gasteiger partial charge in [0.15, 0.2) is 11.6 Å². The van der Waals surface area contributed by atoms with Crippen molar-refractivity contribution in [3.05, 3.63) is 64.2 Å². The molecule has 0 amide bonds. The smallest absolute Gasteiger partial charge is 0.153 e. The summed E-state index contributed by atoms with van der Waals surface area (Å²) in [6.45, 7) is 4.14. The van der Waals surface area contributed by atoms with Gasteiger partial charge in [0.25, 0.3) is 0 Å². The van der Waals surface area contributed by atoms with E-state index >= 15 is 0 Å². The number of unbranched alkanes of at least 4 members (excludes halogenated alkanes) is 1. The fraction of sp³-hybridized carbons (Fsp3) is 0.227. The highest BCUT2D eigenvalue weighted by molar-refractivity contribution is 7.78. The van der Waals surface area contributed by atoms with Gasteiger partial charge in [0, 0.05) is 23.1 Å². The van der Waals surface area contributed by atoms with Crippen molar-refractivity contribution in [2.24, 2.45) is 4.99 Å². The average molecular weight is 365 g/mol. The lowest BCUT2D eigenvalue weighted by molar-refractivity contribution is 0.587. The van der Waals surface area contributed by atoms with Crippen LogP contribution >= 0.6 is 12.2 Å². The summed E-state index contributed by atoms with van der Waals surface area (Å²) in [5.41, 5.74) is 2.64. The van der Waals surface area contributed by atoms with E-state index in [1.807, 2.05) is 23.4 Å². The standard InChI is InChI=1S/C22H17F2NS/c1-3-5-6-7-19-11-10-16(12-18(19)4-2)8-9-17-13-20(23)22(25-15-26)21(24)14-17/h10-14H,3-5H2,1-2H3. The van der Waals surface area contributed by atoms with E-state index in [2.05, 4.69) is 54.7 Å². The molecule has 0 saturated carbocycles. The van der Waals surface area contributed by atoms with Crippen LogP contribution in [0.15, 0.2) is 35.3 Å². The SMILES string of the molecule is CCCC#Cc1ccc(C#Cc2cc(F)c(N=C=S)c(F)c2)cc1CC. The van der Waals surface area contributed by atoms with E-state index in [1.165, 1.54) is 0 Å². The summed E-state index contributed by atoms with van der Waals surface area (Å²) in [5.74, 6) is 10.4. The van der Waals surface area contributed by atoms with Gasteiger partial charge in [-0.2, -0.15) is 4.99 Å². The summed E-state index contributed by atoms with van der Waals surface area (Å²) < 4.78 is 27.7. The van der Waals surface area contributed by atoms with E-state index in [1.54, 1.807) is 0 Å². The Kier molecular flexibility index (Phi) is 7.24. The number of benzene rings is 2. The van der Waals surface area contributed by atoms with Crippen LogP contribution in [0.1, 0.15) is 48.9 Å². The molecule has 0 spiro atoms. The highest BCUT2D eigenvalue weighted by Crippen LogP contribution is 2.23. The molecule has 0 aliphatic heterocycles. The minimum Gasteiger partial charge on any atom is -0.204 e. The van der Waals surface area contributed by atoms with E-state index < -0.39 is 17.3 Å². The topological polar surface area (TPSA) is 12.4 Å². The molecule has 26 heavy (non-hydrogen) atoms. The van der Waals surface area contributed by atoms with Crippen molar-refractivity contribution in [2.45, 2.75) is 33.1 Å². The van der Waals surface area contributed by atoms with Gasteiger partial charge in [0.05, 0.1) is 5.16 Å². The van der Waals surface area contributed by atoms with Gasteiger partial charge in [-0.05, 0) is 61.0 Å². The zero-order valence-corrected chi connectivity index (χ0v) is 15.4. The summed E-state index contributed by atoms with van der Waals surface area (Å²) in [6.07, 6.45) is 2.73. The molecule has 0 aromatic heterocycles. The lowest BCUT2D eigenvalue weighted by atomic mass is 10.0. The Morgan fingerprint density at radius 3 is 2.27 bits per heavy atom. The van der Waals surface area contributed by atoms with E-state index in [0.717, 1.165) is 48.1 Å². The number of nitrogens with zero attached hydrogens (tertiary/aromatic N) is 1. The first-order valence-electron chi connectivity index (χ1n) is 8.29. The zero-order chi connectivity index (χ0) is 18.9. The number of hydrogen-bond donors (Lipinski definition) is 0. The summed E-state index contributed by atoms with van der Waals surface area (Å²) in [4.78, 5) is 3.38. The predicted molar refractivity (Wildman–Crippen MR) is 105 cm³/mol. The first kappa shape index (κ1) is 19.5. The van der Waals surface area contributed by atoms with Crippen LogP contribution in [0.25, 0.3) is 0 Å². The monoisotopic (exact) mass is 365 g/mol. The molecule has 0 N–H and O–H groups in total. The summed E-state index contributed by atoms with van der Waals surface area (Å²) >= 11 is 4.38. The Balaban J connectivity index is 2.33. The number of isothiocyanates is 1. The van der Waals surface area contributed by atoms with Crippen molar-refractivity contribution in [1.82, 2.24) is 0 Å². The molecule has 0 heterocycles. The van der Waals surface area contributed by atoms with Crippen LogP contribution in [-0.4, -0.2) is 5.16 Å². The van der Waals surface area contributed by atoms with Gasteiger partial charge >= 0.3 is 0 Å². The molecular weight excluding hydrogens is 348 g/mol. The van der Waals surface area contributed by atoms with Crippen molar-refractivity contribution in [3.8, 4) is 23.7 Å². The van der Waals surface area contributed by atoms with Crippen LogP contribution < -0.4 is 0 Å². The fourth-order valence-electron chi connectivity index (χ4n) is 2.30. The molecule has 1 nitrogen and oxygen atoms in total. The number of thiocarbonyl (C=S) groups is 1. The van der Waals surface area contributed by atoms with Crippen LogP contribution in [0.3, 0.4) is 0 Å². The second-order valence-corrected chi connectivity index (χ2v) is 5.70. The number of halogens is 2. The summed E-state index contributed by atoms with van der Waals surface area (Å²) in [6, 6.07) is 8.02. The maximum absolute atomic E-state index is 13.8. The second-order valence-electron chi connectivity index (χ2n) is 5.52. The maximum Gasteiger partial charge on any atom is 0.153 e. The van der Waals surface area contributed by atoms with E-state index in [-0.39, 0.29) is 5.56 Å². The van der Waals surface area contributed by atoms with Crippen LogP contribution in [0, 0.1) is 35.3 Å². The fourth-order valence-corrected chi connectivity index (χ4v) is 2.39. The van der Waals surface area contributed by atoms with Crippen LogP contribution in [0.4, 0.5) is 14.5 Å². The Labute approximate surface area is 158 Å². The average Bonchev–Trinajstić information content (AvgIpc) is 2.63. The molecule has 2 aromatic carbocycles. The van der Waals surface area contributed by atoms with Gasteiger partial charge in [-0.15, -0.1) is 0 Å². The third-order valence-corrected chi connectivity index (χ3v) is 3.70. The molecule has 0 unspecified atom stereocenters. The molecule has 2 aromatic rings. The summed E-state index contributed by atoms with van der Waals surface area (Å²) in [7, 11) is 0. The van der Waals surface area contributed by atoms with Crippen molar-refractivity contribution in [2.75, 3.05) is 0 Å². The van der Waals surface area contributed by atoms with Gasteiger partial charge < -0.3 is 0 Å². The maximum atomic E-state index is 13.8. The Bertz CT molecular complexity index is 958. The molecule has 0 aliphatic carbocycles. The first-order chi connectivity index (χ1) is 12.6. The number of aliphatic imine (C=N–C) groups is 1. The van der Waals surface area contributed by atoms with Gasteiger partial charge in [-0.1, -0.05) is 37.5 Å². The van der Waals surface area contributed by atoms with Crippen molar-refractivity contribution >= 4 is 23.1 Å². The van der Waals surface area contributed by atoms with Gasteiger partial charge in [0.2, 0.25) is 0 Å². The number of aryl methyl sites for hydroxylation is 1. The highest BCUT2D eigenvalue weighted by Gasteiger charge is 2.09. The van der Waals surface area contributed by atoms with Gasteiger partial charge in [-0.25, -0.2) is 8.78 Å². The third-order valence-electron chi connectivity index (χ3n) is 3.61. The molecule has 0 fully saturated rings. The highest BCUT2D eigenvalue weighted by atomic mass is 32.1. The van der Waals surface area contributed by atoms with Crippen LogP contribution in [0.5, 0.6) is 0 Å². The lowest BCUT2D eigenvalue weighted by Crippen LogP contribution is -1.90. The normalized spacial score (nSPS) is 9.38. The molecule has 0 atom stereocenters. The van der Waals surface area contributed by atoms with E-state index in [9.17, 15) is 8.78 Å². The quantitative estimate of drug-likeness (QED) is 0.380. The number of hydrogen-bond acceptors (Lipinski definition) is 2. The van der Waals surface area contributed by atoms with Gasteiger partial charge in [-0.3, -0.25) is 0 Å². The Hall–Kier alpha value is -2.78. The molecule has 0 bridgehead atoms. The summed E-state index contributed by atoms with van der Waals surface area (Å²) in [5, 5.41) is 1.96. The zero-order valence-electron chi connectivity index (χ0n) is 14.6. The first-order valence-corrected chi connectivity index (χ1v) is 8.70. The molecular formula is C22H17F2NS. The minimum atomic E-state index is -0.817. The minimum absolute atomic E-state index is 0.230. The van der Waals surface area contributed by atoms with Crippen LogP contribution in [-0.2, 0) is 6.42 Å².